The van der Waals surface area contributed by atoms with Gasteiger partial charge >= 0.3 is 5.97 Å². The zero-order valence-electron chi connectivity index (χ0n) is 8.53. The van der Waals surface area contributed by atoms with Crippen molar-refractivity contribution in [3.05, 3.63) is 11.3 Å². The van der Waals surface area contributed by atoms with Gasteiger partial charge < -0.3 is 15.1 Å². The van der Waals surface area contributed by atoms with Crippen LogP contribution in [0.4, 0.5) is 0 Å². The fourth-order valence-corrected chi connectivity index (χ4v) is 1.07. The fourth-order valence-electron chi connectivity index (χ4n) is 1.07. The summed E-state index contributed by atoms with van der Waals surface area (Å²) in [5.41, 5.74) is 0.938. The lowest BCUT2D eigenvalue weighted by molar-refractivity contribution is -0.132. The van der Waals surface area contributed by atoms with E-state index in [1.54, 1.807) is 32.8 Å². The molecule has 2 N–H and O–H groups in total. The highest BCUT2D eigenvalue weighted by atomic mass is 16.4. The zero-order valence-corrected chi connectivity index (χ0v) is 8.53. The van der Waals surface area contributed by atoms with Crippen LogP contribution in [0.15, 0.2) is 11.3 Å². The highest BCUT2D eigenvalue weighted by molar-refractivity contribution is 5.86. The number of carboxylic acid groups (broad SMARTS) is 1. The predicted octanol–water partition coefficient (Wildman–Crippen LogP) is 0.677. The normalized spacial score (nSPS) is 14.8. The third kappa shape index (κ3) is 3.94. The van der Waals surface area contributed by atoms with Gasteiger partial charge in [-0.05, 0) is 13.8 Å². The van der Waals surface area contributed by atoms with Gasteiger partial charge in [-0.1, -0.05) is 0 Å². The van der Waals surface area contributed by atoms with E-state index in [4.69, 9.17) is 10.2 Å². The molecule has 0 heterocycles. The van der Waals surface area contributed by atoms with Crippen LogP contribution >= 0.6 is 0 Å². The molecule has 0 fully saturated rings. The standard InChI is InChI=1S/C9H17NO3/c1-6(11)5-8(10(3)4)7(2)9(12)13/h6,11H,5H2,1-4H3,(H,12,13). The average Bonchev–Trinajstić information content (AvgIpc) is 1.97. The van der Waals surface area contributed by atoms with Crippen LogP contribution in [0.2, 0.25) is 0 Å². The predicted molar refractivity (Wildman–Crippen MR) is 50.3 cm³/mol. The average molecular weight is 187 g/mol. The largest absolute Gasteiger partial charge is 0.478 e. The Morgan fingerprint density at radius 1 is 1.46 bits per heavy atom. The first-order valence-electron chi connectivity index (χ1n) is 4.14. The van der Waals surface area contributed by atoms with E-state index >= 15 is 0 Å². The highest BCUT2D eigenvalue weighted by Crippen LogP contribution is 2.13. The van der Waals surface area contributed by atoms with Crippen molar-refractivity contribution in [2.75, 3.05) is 14.1 Å². The molecule has 0 spiro atoms. The van der Waals surface area contributed by atoms with Crippen LogP contribution in [-0.2, 0) is 4.79 Å². The van der Waals surface area contributed by atoms with E-state index in [1.807, 2.05) is 0 Å². The molecule has 0 aliphatic heterocycles. The molecule has 76 valence electrons. The van der Waals surface area contributed by atoms with Crippen molar-refractivity contribution in [3.8, 4) is 0 Å². The fraction of sp³-hybridized carbons (Fsp3) is 0.667. The van der Waals surface area contributed by atoms with Crippen molar-refractivity contribution in [1.82, 2.24) is 4.90 Å². The smallest absolute Gasteiger partial charge is 0.333 e. The molecular formula is C9H17NO3. The molecule has 0 radical (unpaired) electrons. The minimum atomic E-state index is -0.940. The van der Waals surface area contributed by atoms with E-state index in [0.29, 0.717) is 12.1 Å². The van der Waals surface area contributed by atoms with Gasteiger partial charge in [0, 0.05) is 26.2 Å². The van der Waals surface area contributed by atoms with E-state index < -0.39 is 12.1 Å². The van der Waals surface area contributed by atoms with Crippen LogP contribution in [-0.4, -0.2) is 41.3 Å². The van der Waals surface area contributed by atoms with Gasteiger partial charge in [0.1, 0.15) is 0 Å². The molecule has 4 heteroatoms. The van der Waals surface area contributed by atoms with E-state index in [0.717, 1.165) is 0 Å². The summed E-state index contributed by atoms with van der Waals surface area (Å²) in [6.45, 7) is 3.18. The number of aliphatic carboxylic acids is 1. The molecule has 0 saturated carbocycles. The number of carbonyl (C=O) groups is 1. The second-order valence-corrected chi connectivity index (χ2v) is 3.32. The molecule has 0 bridgehead atoms. The van der Waals surface area contributed by atoms with Crippen molar-refractivity contribution in [3.63, 3.8) is 0 Å². The summed E-state index contributed by atoms with van der Waals surface area (Å²) in [5, 5.41) is 17.9. The van der Waals surface area contributed by atoms with E-state index in [2.05, 4.69) is 0 Å². The van der Waals surface area contributed by atoms with Gasteiger partial charge in [0.25, 0.3) is 0 Å². The molecule has 1 unspecified atom stereocenters. The third-order valence-corrected chi connectivity index (χ3v) is 1.78. The molecule has 13 heavy (non-hydrogen) atoms. The maximum absolute atomic E-state index is 10.7. The lowest BCUT2D eigenvalue weighted by atomic mass is 10.1. The molecule has 4 nitrogen and oxygen atoms in total. The van der Waals surface area contributed by atoms with Gasteiger partial charge in [-0.3, -0.25) is 0 Å². The number of nitrogens with zero attached hydrogens (tertiary/aromatic N) is 1. The lowest BCUT2D eigenvalue weighted by Crippen LogP contribution is -2.19. The summed E-state index contributed by atoms with van der Waals surface area (Å²) >= 11 is 0. The Hall–Kier alpha value is -1.03. The first kappa shape index (κ1) is 12.0. The van der Waals surface area contributed by atoms with Crippen molar-refractivity contribution < 1.29 is 15.0 Å². The Labute approximate surface area is 78.5 Å². The first-order chi connectivity index (χ1) is 5.86. The number of aliphatic hydroxyl groups excluding tert-OH is 1. The Morgan fingerprint density at radius 3 is 2.15 bits per heavy atom. The molecule has 0 amide bonds. The molecule has 0 aliphatic rings. The van der Waals surface area contributed by atoms with Crippen molar-refractivity contribution in [2.24, 2.45) is 0 Å². The number of aliphatic hydroxyl groups is 1. The van der Waals surface area contributed by atoms with Crippen molar-refractivity contribution >= 4 is 5.97 Å². The maximum atomic E-state index is 10.7. The highest BCUT2D eigenvalue weighted by Gasteiger charge is 2.12. The number of rotatable bonds is 4. The Balaban J connectivity index is 4.78. The topological polar surface area (TPSA) is 60.8 Å². The Kier molecular flexibility index (Phi) is 4.48. The molecule has 0 aromatic carbocycles. The second-order valence-electron chi connectivity index (χ2n) is 3.32. The summed E-state index contributed by atoms with van der Waals surface area (Å²) in [7, 11) is 3.54. The number of hydrogen-bond acceptors (Lipinski definition) is 3. The zero-order chi connectivity index (χ0) is 10.6. The maximum Gasteiger partial charge on any atom is 0.333 e. The van der Waals surface area contributed by atoms with Gasteiger partial charge in [0.15, 0.2) is 0 Å². The second kappa shape index (κ2) is 4.87. The molecule has 0 saturated heterocycles. The SMILES string of the molecule is CC(C(=O)O)=C(CC(C)O)N(C)C. The molecule has 0 aromatic heterocycles. The summed E-state index contributed by atoms with van der Waals surface area (Å²) in [6, 6.07) is 0. The van der Waals surface area contributed by atoms with Crippen molar-refractivity contribution in [2.45, 2.75) is 26.4 Å². The minimum Gasteiger partial charge on any atom is -0.478 e. The quantitative estimate of drug-likeness (QED) is 0.635. The monoisotopic (exact) mass is 187 g/mol. The van der Waals surface area contributed by atoms with Gasteiger partial charge in [0.2, 0.25) is 0 Å². The van der Waals surface area contributed by atoms with Crippen LogP contribution in [0.25, 0.3) is 0 Å². The number of carboxylic acids is 1. The van der Waals surface area contributed by atoms with E-state index in [1.165, 1.54) is 0 Å². The lowest BCUT2D eigenvalue weighted by Gasteiger charge is -2.20. The molecule has 0 aromatic rings. The van der Waals surface area contributed by atoms with Crippen LogP contribution < -0.4 is 0 Å². The van der Waals surface area contributed by atoms with Crippen LogP contribution in [0.5, 0.6) is 0 Å². The van der Waals surface area contributed by atoms with Crippen LogP contribution in [0.3, 0.4) is 0 Å². The summed E-state index contributed by atoms with van der Waals surface area (Å²) in [6.07, 6.45) is -0.155. The van der Waals surface area contributed by atoms with Crippen molar-refractivity contribution in [1.29, 1.82) is 0 Å². The summed E-state index contributed by atoms with van der Waals surface area (Å²) in [4.78, 5) is 12.4. The third-order valence-electron chi connectivity index (χ3n) is 1.78. The summed E-state index contributed by atoms with van der Waals surface area (Å²) < 4.78 is 0. The van der Waals surface area contributed by atoms with Gasteiger partial charge in [-0.2, -0.15) is 0 Å². The van der Waals surface area contributed by atoms with Gasteiger partial charge in [-0.15, -0.1) is 0 Å². The van der Waals surface area contributed by atoms with Gasteiger partial charge in [-0.25, -0.2) is 4.79 Å². The van der Waals surface area contributed by atoms with Crippen LogP contribution in [0.1, 0.15) is 20.3 Å². The van der Waals surface area contributed by atoms with E-state index in [-0.39, 0.29) is 5.57 Å². The van der Waals surface area contributed by atoms with E-state index in [9.17, 15) is 4.79 Å². The van der Waals surface area contributed by atoms with Crippen LogP contribution in [0, 0.1) is 0 Å². The molecule has 0 rings (SSSR count). The summed E-state index contributed by atoms with van der Waals surface area (Å²) in [5.74, 6) is -0.940. The van der Waals surface area contributed by atoms with Gasteiger partial charge in [0.05, 0.1) is 11.7 Å². The minimum absolute atomic E-state index is 0.283. The molecule has 1 atom stereocenters. The molecular weight excluding hydrogens is 170 g/mol. The first-order valence-corrected chi connectivity index (χ1v) is 4.14. The Morgan fingerprint density at radius 2 is 1.92 bits per heavy atom. The molecule has 0 aliphatic carbocycles. The number of hydrogen-bond donors (Lipinski definition) is 2. The Bertz CT molecular complexity index is 219.